The summed E-state index contributed by atoms with van der Waals surface area (Å²) in [5, 5.41) is 6.20. The Morgan fingerprint density at radius 3 is 2.93 bits per heavy atom. The highest BCUT2D eigenvalue weighted by atomic mass is 16.1. The Kier molecular flexibility index (Phi) is 3.43. The fourth-order valence-corrected chi connectivity index (χ4v) is 3.55. The van der Waals surface area contributed by atoms with Gasteiger partial charge in [-0.3, -0.25) is 9.20 Å². The van der Waals surface area contributed by atoms with Crippen LogP contribution >= 0.6 is 0 Å². The van der Waals surface area contributed by atoms with Gasteiger partial charge in [0.25, 0.3) is 5.91 Å². The average Bonchev–Trinajstić information content (AvgIpc) is 3.27. The summed E-state index contributed by atoms with van der Waals surface area (Å²) in [5.74, 6) is 0.632. The van der Waals surface area contributed by atoms with Gasteiger partial charge in [-0.15, -0.1) is 0 Å². The summed E-state index contributed by atoms with van der Waals surface area (Å²) in [6.45, 7) is 2.55. The number of anilines is 2. The molecule has 0 saturated heterocycles. The monoisotopic (exact) mass is 355 g/mol. The Balaban J connectivity index is 1.65. The van der Waals surface area contributed by atoms with Crippen molar-refractivity contribution < 1.29 is 4.79 Å². The maximum absolute atomic E-state index is 12.5. The van der Waals surface area contributed by atoms with Crippen LogP contribution in [0, 0.1) is 6.92 Å². The molecule has 0 unspecified atom stereocenters. The van der Waals surface area contributed by atoms with Crippen molar-refractivity contribution in [2.75, 3.05) is 5.32 Å². The van der Waals surface area contributed by atoms with Crippen LogP contribution in [-0.2, 0) is 6.54 Å². The fourth-order valence-electron chi connectivity index (χ4n) is 3.55. The molecule has 0 radical (unpaired) electrons. The first-order chi connectivity index (χ1) is 13.2. The number of pyridine rings is 2. The molecule has 5 rings (SSSR count). The minimum Gasteiger partial charge on any atom is -0.348 e. The summed E-state index contributed by atoms with van der Waals surface area (Å²) in [5.41, 5.74) is 6.44. The first-order valence-corrected chi connectivity index (χ1v) is 8.77. The molecule has 27 heavy (non-hydrogen) atoms. The van der Waals surface area contributed by atoms with Gasteiger partial charge in [0.1, 0.15) is 11.5 Å². The molecule has 1 aliphatic rings. The van der Waals surface area contributed by atoms with Crippen LogP contribution in [0.5, 0.6) is 0 Å². The minimum atomic E-state index is -0.0741. The second-order valence-corrected chi connectivity index (χ2v) is 6.61. The first kappa shape index (κ1) is 15.6. The Hall–Kier alpha value is -3.67. The van der Waals surface area contributed by atoms with Crippen molar-refractivity contribution in [2.24, 2.45) is 0 Å². The molecule has 1 aliphatic heterocycles. The number of carbonyl (C=O) groups is 1. The van der Waals surface area contributed by atoms with Crippen LogP contribution in [0.25, 0.3) is 16.9 Å². The van der Waals surface area contributed by atoms with Gasteiger partial charge in [-0.05, 0) is 48.4 Å². The van der Waals surface area contributed by atoms with Crippen LogP contribution in [0.2, 0.25) is 0 Å². The van der Waals surface area contributed by atoms with E-state index in [1.807, 2.05) is 55.7 Å². The lowest BCUT2D eigenvalue weighted by molar-refractivity contribution is 0.0966. The molecule has 4 aromatic rings. The number of benzene rings is 1. The largest absolute Gasteiger partial charge is 0.348 e. The number of carbonyl (C=O) groups excluding carboxylic acids is 1. The lowest BCUT2D eigenvalue weighted by atomic mass is 9.99. The van der Waals surface area contributed by atoms with E-state index in [4.69, 9.17) is 0 Å². The zero-order valence-corrected chi connectivity index (χ0v) is 14.7. The predicted molar refractivity (Wildman–Crippen MR) is 104 cm³/mol. The molecule has 0 bridgehead atoms. The zero-order valence-electron chi connectivity index (χ0n) is 14.7. The van der Waals surface area contributed by atoms with E-state index in [-0.39, 0.29) is 5.91 Å². The van der Waals surface area contributed by atoms with Crippen LogP contribution in [0.4, 0.5) is 11.5 Å². The highest BCUT2D eigenvalue weighted by Crippen LogP contribution is 2.35. The summed E-state index contributed by atoms with van der Waals surface area (Å²) in [6.07, 6.45) is 5.60. The molecular formula is C21H17N5O. The van der Waals surface area contributed by atoms with Crippen molar-refractivity contribution in [3.8, 4) is 11.3 Å². The Morgan fingerprint density at radius 2 is 2.07 bits per heavy atom. The molecule has 4 heterocycles. The van der Waals surface area contributed by atoms with Crippen LogP contribution < -0.4 is 10.6 Å². The number of imidazole rings is 1. The van der Waals surface area contributed by atoms with Gasteiger partial charge in [0.05, 0.1) is 23.1 Å². The second-order valence-electron chi connectivity index (χ2n) is 6.61. The molecule has 1 aromatic carbocycles. The van der Waals surface area contributed by atoms with Crippen molar-refractivity contribution >= 4 is 23.1 Å². The first-order valence-electron chi connectivity index (χ1n) is 8.77. The molecule has 0 aliphatic carbocycles. The topological polar surface area (TPSA) is 71.3 Å². The van der Waals surface area contributed by atoms with E-state index in [0.717, 1.165) is 33.7 Å². The summed E-state index contributed by atoms with van der Waals surface area (Å²) in [7, 11) is 0. The summed E-state index contributed by atoms with van der Waals surface area (Å²) in [6, 6.07) is 13.7. The summed E-state index contributed by atoms with van der Waals surface area (Å²) in [4.78, 5) is 21.3. The van der Waals surface area contributed by atoms with Gasteiger partial charge in [0.15, 0.2) is 0 Å². The Bertz CT molecular complexity index is 1180. The van der Waals surface area contributed by atoms with E-state index in [9.17, 15) is 4.79 Å². The van der Waals surface area contributed by atoms with Crippen molar-refractivity contribution in [1.82, 2.24) is 19.7 Å². The van der Waals surface area contributed by atoms with Gasteiger partial charge in [-0.25, -0.2) is 9.97 Å². The third-order valence-electron chi connectivity index (χ3n) is 4.84. The normalized spacial score (nSPS) is 12.9. The summed E-state index contributed by atoms with van der Waals surface area (Å²) < 4.78 is 2.05. The Morgan fingerprint density at radius 1 is 1.15 bits per heavy atom. The maximum atomic E-state index is 12.5. The van der Waals surface area contributed by atoms with E-state index < -0.39 is 0 Å². The highest BCUT2D eigenvalue weighted by Gasteiger charge is 2.27. The van der Waals surface area contributed by atoms with Gasteiger partial charge in [0.2, 0.25) is 0 Å². The number of rotatable bonds is 3. The zero-order chi connectivity index (χ0) is 18.4. The number of amides is 1. The third kappa shape index (κ3) is 2.54. The molecular weight excluding hydrogens is 338 g/mol. The van der Waals surface area contributed by atoms with E-state index in [1.54, 1.807) is 6.20 Å². The lowest BCUT2D eigenvalue weighted by Gasteiger charge is -2.13. The van der Waals surface area contributed by atoms with Crippen LogP contribution in [0.3, 0.4) is 0 Å². The van der Waals surface area contributed by atoms with Crippen molar-refractivity contribution in [2.45, 2.75) is 13.5 Å². The van der Waals surface area contributed by atoms with Crippen LogP contribution in [0.15, 0.2) is 61.1 Å². The molecule has 0 fully saturated rings. The van der Waals surface area contributed by atoms with Gasteiger partial charge in [0, 0.05) is 24.5 Å². The van der Waals surface area contributed by atoms with Gasteiger partial charge < -0.3 is 10.6 Å². The highest BCUT2D eigenvalue weighted by molar-refractivity contribution is 6.06. The SMILES string of the molecule is Cc1ccn2c(-c3ccc(Nc4ccccn4)c4c3CNC4=O)cnc2c1. The molecule has 6 heteroatoms. The van der Waals surface area contributed by atoms with Crippen molar-refractivity contribution in [1.29, 1.82) is 0 Å². The Labute approximate surface area is 155 Å². The average molecular weight is 355 g/mol. The molecule has 1 amide bonds. The molecule has 2 N–H and O–H groups in total. The van der Waals surface area contributed by atoms with Crippen molar-refractivity contribution in [3.05, 3.63) is 77.7 Å². The number of nitrogens with one attached hydrogen (secondary N) is 2. The smallest absolute Gasteiger partial charge is 0.254 e. The van der Waals surface area contributed by atoms with Gasteiger partial charge >= 0.3 is 0 Å². The summed E-state index contributed by atoms with van der Waals surface area (Å²) >= 11 is 0. The molecule has 3 aromatic heterocycles. The number of nitrogens with zero attached hydrogens (tertiary/aromatic N) is 3. The standard InChI is InChI=1S/C21H17N5O/c1-13-7-9-26-17(12-23-19(26)10-13)14-5-6-16(20-15(14)11-24-21(20)27)25-18-4-2-3-8-22-18/h2-10,12H,11H2,1H3,(H,22,25)(H,24,27). The lowest BCUT2D eigenvalue weighted by Crippen LogP contribution is -2.13. The van der Waals surface area contributed by atoms with Gasteiger partial charge in [-0.2, -0.15) is 0 Å². The number of aromatic nitrogens is 3. The molecule has 0 atom stereocenters. The van der Waals surface area contributed by atoms with E-state index in [0.29, 0.717) is 17.9 Å². The quantitative estimate of drug-likeness (QED) is 0.588. The van der Waals surface area contributed by atoms with E-state index >= 15 is 0 Å². The number of fused-ring (bicyclic) bond motifs is 2. The maximum Gasteiger partial charge on any atom is 0.254 e. The fraction of sp³-hybridized carbons (Fsp3) is 0.0952. The molecule has 132 valence electrons. The van der Waals surface area contributed by atoms with Crippen molar-refractivity contribution in [3.63, 3.8) is 0 Å². The number of aryl methyl sites for hydroxylation is 1. The predicted octanol–water partition coefficient (Wildman–Crippen LogP) is 3.69. The number of hydrogen-bond donors (Lipinski definition) is 2. The van der Waals surface area contributed by atoms with Gasteiger partial charge in [-0.1, -0.05) is 12.1 Å². The molecule has 0 spiro atoms. The van der Waals surface area contributed by atoms with E-state index in [1.165, 1.54) is 0 Å². The molecule has 0 saturated carbocycles. The second kappa shape index (κ2) is 5.95. The molecule has 6 nitrogen and oxygen atoms in total. The minimum absolute atomic E-state index is 0.0741. The number of hydrogen-bond acceptors (Lipinski definition) is 4. The third-order valence-corrected chi connectivity index (χ3v) is 4.84. The van der Waals surface area contributed by atoms with Crippen LogP contribution in [0.1, 0.15) is 21.5 Å². The van der Waals surface area contributed by atoms with E-state index in [2.05, 4.69) is 31.1 Å². The van der Waals surface area contributed by atoms with Crippen LogP contribution in [-0.4, -0.2) is 20.3 Å².